The van der Waals surface area contributed by atoms with Crippen LogP contribution in [0.2, 0.25) is 0 Å². The summed E-state index contributed by atoms with van der Waals surface area (Å²) in [5.41, 5.74) is -0.203. The summed E-state index contributed by atoms with van der Waals surface area (Å²) >= 11 is 0. The first-order chi connectivity index (χ1) is 9.31. The van der Waals surface area contributed by atoms with Crippen molar-refractivity contribution in [2.45, 2.75) is 53.0 Å². The minimum absolute atomic E-state index is 0.0294. The first-order valence-corrected chi connectivity index (χ1v) is 7.66. The summed E-state index contributed by atoms with van der Waals surface area (Å²) in [5, 5.41) is 6.22. The van der Waals surface area contributed by atoms with Crippen molar-refractivity contribution in [3.8, 4) is 0 Å². The van der Waals surface area contributed by atoms with E-state index in [4.69, 9.17) is 0 Å². The Morgan fingerprint density at radius 2 is 1.90 bits per heavy atom. The summed E-state index contributed by atoms with van der Waals surface area (Å²) in [6.07, 6.45) is 2.39. The Balaban J connectivity index is 2.56. The van der Waals surface area contributed by atoms with E-state index in [0.717, 1.165) is 31.5 Å². The second kappa shape index (κ2) is 7.50. The summed E-state index contributed by atoms with van der Waals surface area (Å²) < 4.78 is 0. The Morgan fingerprint density at radius 1 is 1.30 bits per heavy atom. The largest absolute Gasteiger partial charge is 0.357 e. The molecule has 1 saturated heterocycles. The van der Waals surface area contributed by atoms with Gasteiger partial charge in [0.1, 0.15) is 6.54 Å². The molecule has 0 saturated carbocycles. The van der Waals surface area contributed by atoms with E-state index >= 15 is 0 Å². The number of guanidine groups is 1. The summed E-state index contributed by atoms with van der Waals surface area (Å²) in [6, 6.07) is 0. The number of piperidine rings is 1. The minimum Gasteiger partial charge on any atom is -0.357 e. The molecule has 5 nitrogen and oxygen atoms in total. The normalized spacial score (nSPS) is 18.1. The van der Waals surface area contributed by atoms with Gasteiger partial charge in [0.05, 0.1) is 0 Å². The molecule has 1 fully saturated rings. The Bertz CT molecular complexity index is 338. The van der Waals surface area contributed by atoms with Crippen LogP contribution in [0.4, 0.5) is 0 Å². The quantitative estimate of drug-likeness (QED) is 0.610. The standard InChI is InChI=1S/C15H30N4O/c1-6-16-14(19-9-7-12(2)8-10-19)17-11-13(20)18-15(3,4)5/h12H,6-11H2,1-5H3,(H,16,17)(H,18,20). The molecule has 1 aliphatic rings. The van der Waals surface area contributed by atoms with Crippen molar-refractivity contribution < 1.29 is 4.79 Å². The van der Waals surface area contributed by atoms with Crippen LogP contribution in [0.25, 0.3) is 0 Å². The molecular weight excluding hydrogens is 252 g/mol. The topological polar surface area (TPSA) is 56.7 Å². The van der Waals surface area contributed by atoms with Crippen LogP contribution in [-0.2, 0) is 4.79 Å². The van der Waals surface area contributed by atoms with Crippen LogP contribution < -0.4 is 10.6 Å². The second-order valence-corrected chi connectivity index (χ2v) is 6.64. The number of amides is 1. The van der Waals surface area contributed by atoms with Gasteiger partial charge in [-0.25, -0.2) is 4.99 Å². The number of likely N-dealkylation sites (tertiary alicyclic amines) is 1. The SMILES string of the molecule is CCNC(=NCC(=O)NC(C)(C)C)N1CCC(C)CC1. The first-order valence-electron chi connectivity index (χ1n) is 7.66. The Labute approximate surface area is 123 Å². The van der Waals surface area contributed by atoms with E-state index in [-0.39, 0.29) is 18.0 Å². The van der Waals surface area contributed by atoms with E-state index in [1.165, 1.54) is 12.8 Å². The maximum absolute atomic E-state index is 11.8. The van der Waals surface area contributed by atoms with Crippen molar-refractivity contribution in [3.05, 3.63) is 0 Å². The summed E-state index contributed by atoms with van der Waals surface area (Å²) in [4.78, 5) is 18.6. The average Bonchev–Trinajstić information content (AvgIpc) is 2.33. The monoisotopic (exact) mass is 282 g/mol. The lowest BCUT2D eigenvalue weighted by Crippen LogP contribution is -2.46. The van der Waals surface area contributed by atoms with Gasteiger partial charge in [-0.15, -0.1) is 0 Å². The molecule has 5 heteroatoms. The van der Waals surface area contributed by atoms with Gasteiger partial charge in [0, 0.05) is 25.2 Å². The Morgan fingerprint density at radius 3 is 2.40 bits per heavy atom. The number of hydrogen-bond donors (Lipinski definition) is 2. The molecule has 20 heavy (non-hydrogen) atoms. The third-order valence-electron chi connectivity index (χ3n) is 3.30. The molecule has 1 rings (SSSR count). The molecule has 1 aliphatic heterocycles. The first kappa shape index (κ1) is 16.8. The fraction of sp³-hybridized carbons (Fsp3) is 0.867. The van der Waals surface area contributed by atoms with Crippen molar-refractivity contribution in [1.82, 2.24) is 15.5 Å². The highest BCUT2D eigenvalue weighted by Gasteiger charge is 2.19. The molecule has 0 aliphatic carbocycles. The summed E-state index contributed by atoms with van der Waals surface area (Å²) in [6.45, 7) is 13.3. The van der Waals surface area contributed by atoms with Crippen LogP contribution in [0, 0.1) is 5.92 Å². The molecule has 0 bridgehead atoms. The van der Waals surface area contributed by atoms with Crippen LogP contribution in [0.15, 0.2) is 4.99 Å². The third kappa shape index (κ3) is 6.26. The number of nitrogens with one attached hydrogen (secondary N) is 2. The maximum atomic E-state index is 11.8. The Hall–Kier alpha value is -1.26. The van der Waals surface area contributed by atoms with Gasteiger partial charge in [-0.3, -0.25) is 4.79 Å². The van der Waals surface area contributed by atoms with E-state index in [9.17, 15) is 4.79 Å². The molecule has 0 aromatic heterocycles. The van der Waals surface area contributed by atoms with Gasteiger partial charge in [0.15, 0.2) is 5.96 Å². The lowest BCUT2D eigenvalue weighted by Gasteiger charge is -2.33. The molecule has 1 amide bonds. The number of carbonyl (C=O) groups excluding carboxylic acids is 1. The fourth-order valence-corrected chi connectivity index (χ4v) is 2.25. The van der Waals surface area contributed by atoms with Gasteiger partial charge in [-0.2, -0.15) is 0 Å². The van der Waals surface area contributed by atoms with E-state index in [1.54, 1.807) is 0 Å². The molecule has 116 valence electrons. The van der Waals surface area contributed by atoms with Crippen molar-refractivity contribution in [1.29, 1.82) is 0 Å². The minimum atomic E-state index is -0.203. The molecular formula is C15H30N4O. The lowest BCUT2D eigenvalue weighted by molar-refractivity contribution is -0.121. The number of carbonyl (C=O) groups is 1. The van der Waals surface area contributed by atoms with E-state index in [2.05, 4.69) is 34.4 Å². The van der Waals surface area contributed by atoms with Gasteiger partial charge in [-0.05, 0) is 46.5 Å². The predicted molar refractivity (Wildman–Crippen MR) is 83.8 cm³/mol. The zero-order valence-corrected chi connectivity index (χ0v) is 13.6. The second-order valence-electron chi connectivity index (χ2n) is 6.64. The molecule has 0 aromatic rings. The summed E-state index contributed by atoms with van der Waals surface area (Å²) in [7, 11) is 0. The van der Waals surface area contributed by atoms with Crippen molar-refractivity contribution in [2.75, 3.05) is 26.2 Å². The summed E-state index contributed by atoms with van der Waals surface area (Å²) in [5.74, 6) is 1.63. The Kier molecular flexibility index (Phi) is 6.30. The van der Waals surface area contributed by atoms with Gasteiger partial charge < -0.3 is 15.5 Å². The smallest absolute Gasteiger partial charge is 0.242 e. The highest BCUT2D eigenvalue weighted by molar-refractivity contribution is 5.85. The fourth-order valence-electron chi connectivity index (χ4n) is 2.25. The third-order valence-corrected chi connectivity index (χ3v) is 3.30. The van der Waals surface area contributed by atoms with Crippen molar-refractivity contribution >= 4 is 11.9 Å². The van der Waals surface area contributed by atoms with E-state index < -0.39 is 0 Å². The van der Waals surface area contributed by atoms with Crippen LogP contribution in [0.1, 0.15) is 47.5 Å². The molecule has 0 radical (unpaired) electrons. The van der Waals surface area contributed by atoms with Crippen LogP contribution in [-0.4, -0.2) is 48.5 Å². The number of aliphatic imine (C=N–C) groups is 1. The maximum Gasteiger partial charge on any atom is 0.242 e. The molecule has 0 spiro atoms. The molecule has 0 unspecified atom stereocenters. The van der Waals surface area contributed by atoms with Crippen LogP contribution >= 0.6 is 0 Å². The predicted octanol–water partition coefficient (Wildman–Crippen LogP) is 1.60. The number of rotatable bonds is 3. The van der Waals surface area contributed by atoms with E-state index in [0.29, 0.717) is 0 Å². The molecule has 0 atom stereocenters. The highest BCUT2D eigenvalue weighted by Crippen LogP contribution is 2.15. The lowest BCUT2D eigenvalue weighted by atomic mass is 10.00. The average molecular weight is 282 g/mol. The number of nitrogens with zero attached hydrogens (tertiary/aromatic N) is 2. The highest BCUT2D eigenvalue weighted by atomic mass is 16.2. The van der Waals surface area contributed by atoms with Gasteiger partial charge >= 0.3 is 0 Å². The van der Waals surface area contributed by atoms with Crippen molar-refractivity contribution in [3.63, 3.8) is 0 Å². The van der Waals surface area contributed by atoms with Gasteiger partial charge in [0.25, 0.3) is 0 Å². The molecule has 2 N–H and O–H groups in total. The van der Waals surface area contributed by atoms with E-state index in [1.807, 2.05) is 20.8 Å². The van der Waals surface area contributed by atoms with Crippen LogP contribution in [0.3, 0.4) is 0 Å². The zero-order valence-electron chi connectivity index (χ0n) is 13.6. The van der Waals surface area contributed by atoms with Gasteiger partial charge in [-0.1, -0.05) is 6.92 Å². The molecule has 1 heterocycles. The van der Waals surface area contributed by atoms with Crippen molar-refractivity contribution in [2.24, 2.45) is 10.9 Å². The number of hydrogen-bond acceptors (Lipinski definition) is 2. The van der Waals surface area contributed by atoms with Gasteiger partial charge in [0.2, 0.25) is 5.91 Å². The molecule has 0 aromatic carbocycles. The zero-order chi connectivity index (χ0) is 15.2. The van der Waals surface area contributed by atoms with Crippen LogP contribution in [0.5, 0.6) is 0 Å².